The van der Waals surface area contributed by atoms with Crippen molar-refractivity contribution < 1.29 is 0 Å². The normalized spacial score (nSPS) is 34.6. The van der Waals surface area contributed by atoms with Gasteiger partial charge in [-0.05, 0) is 48.0 Å². The maximum Gasteiger partial charge on any atom is -0.000258 e. The highest BCUT2D eigenvalue weighted by Crippen LogP contribution is 2.53. The molecule has 1 heterocycles. The number of thioether (sulfide) groups is 1. The quantitative estimate of drug-likeness (QED) is 0.582. The molecule has 1 unspecified atom stereocenters. The molecule has 0 amide bonds. The van der Waals surface area contributed by atoms with Crippen molar-refractivity contribution in [3.63, 3.8) is 0 Å². The molecule has 0 N–H and O–H groups in total. The lowest BCUT2D eigenvalue weighted by molar-refractivity contribution is 0.319. The van der Waals surface area contributed by atoms with Crippen LogP contribution in [0.3, 0.4) is 0 Å². The summed E-state index contributed by atoms with van der Waals surface area (Å²) < 4.78 is 0. The first-order chi connectivity index (χ1) is 5.22. The van der Waals surface area contributed by atoms with Gasteiger partial charge in [-0.3, -0.25) is 0 Å². The molecule has 1 saturated carbocycles. The summed E-state index contributed by atoms with van der Waals surface area (Å²) >= 11 is 2.15. The van der Waals surface area contributed by atoms with Crippen LogP contribution in [0.1, 0.15) is 33.1 Å². The summed E-state index contributed by atoms with van der Waals surface area (Å²) in [4.78, 5) is 0. The third-order valence-corrected chi connectivity index (χ3v) is 5.13. The zero-order valence-corrected chi connectivity index (χ0v) is 8.41. The highest BCUT2D eigenvalue weighted by molar-refractivity contribution is 8.00. The predicted molar refractivity (Wildman–Crippen MR) is 51.9 cm³/mol. The zero-order chi connectivity index (χ0) is 7.90. The molecule has 2 aliphatic rings. The standard InChI is InChI=1S/C10H18S/c1-8(2)9-3-4-10(5-9)6-11-7-10/h8-9H,3-7H2,1-2H3. The van der Waals surface area contributed by atoms with Gasteiger partial charge in [0, 0.05) is 0 Å². The van der Waals surface area contributed by atoms with Crippen molar-refractivity contribution in [3.05, 3.63) is 0 Å². The van der Waals surface area contributed by atoms with E-state index in [2.05, 4.69) is 25.6 Å². The molecule has 0 aromatic rings. The van der Waals surface area contributed by atoms with Gasteiger partial charge in [0.25, 0.3) is 0 Å². The van der Waals surface area contributed by atoms with Crippen molar-refractivity contribution in [2.75, 3.05) is 11.5 Å². The second kappa shape index (κ2) is 2.69. The molecule has 1 spiro atoms. The number of hydrogen-bond donors (Lipinski definition) is 0. The van der Waals surface area contributed by atoms with E-state index in [-0.39, 0.29) is 0 Å². The lowest BCUT2D eigenvalue weighted by Gasteiger charge is -2.38. The van der Waals surface area contributed by atoms with Crippen LogP contribution in [0.15, 0.2) is 0 Å². The van der Waals surface area contributed by atoms with Gasteiger partial charge >= 0.3 is 0 Å². The summed E-state index contributed by atoms with van der Waals surface area (Å²) in [7, 11) is 0. The van der Waals surface area contributed by atoms with Gasteiger partial charge in [0.05, 0.1) is 0 Å². The first-order valence-corrected chi connectivity index (χ1v) is 5.95. The molecule has 1 heteroatoms. The zero-order valence-electron chi connectivity index (χ0n) is 7.60. The Labute approximate surface area is 74.1 Å². The topological polar surface area (TPSA) is 0 Å². The van der Waals surface area contributed by atoms with Gasteiger partial charge in [0.15, 0.2) is 0 Å². The van der Waals surface area contributed by atoms with Gasteiger partial charge in [-0.25, -0.2) is 0 Å². The van der Waals surface area contributed by atoms with Crippen molar-refractivity contribution in [1.82, 2.24) is 0 Å². The second-order valence-electron chi connectivity index (χ2n) is 4.74. The van der Waals surface area contributed by atoms with Crippen LogP contribution in [0.2, 0.25) is 0 Å². The van der Waals surface area contributed by atoms with Crippen LogP contribution in [-0.2, 0) is 0 Å². The maximum absolute atomic E-state index is 2.38. The van der Waals surface area contributed by atoms with Gasteiger partial charge < -0.3 is 0 Å². The second-order valence-corrected chi connectivity index (χ2v) is 5.73. The molecule has 0 nitrogen and oxygen atoms in total. The lowest BCUT2D eigenvalue weighted by atomic mass is 9.86. The van der Waals surface area contributed by atoms with E-state index in [4.69, 9.17) is 0 Å². The van der Waals surface area contributed by atoms with Crippen LogP contribution in [-0.4, -0.2) is 11.5 Å². The fourth-order valence-electron chi connectivity index (χ4n) is 2.47. The van der Waals surface area contributed by atoms with Gasteiger partial charge in [-0.15, -0.1) is 0 Å². The van der Waals surface area contributed by atoms with E-state index < -0.39 is 0 Å². The maximum atomic E-state index is 2.38. The van der Waals surface area contributed by atoms with Gasteiger partial charge in [0.2, 0.25) is 0 Å². The highest BCUT2D eigenvalue weighted by atomic mass is 32.2. The Balaban J connectivity index is 1.93. The van der Waals surface area contributed by atoms with E-state index in [1.165, 1.54) is 30.8 Å². The average Bonchev–Trinajstić information content (AvgIpc) is 2.28. The predicted octanol–water partition coefficient (Wildman–Crippen LogP) is 3.18. The Hall–Kier alpha value is 0.350. The van der Waals surface area contributed by atoms with Crippen LogP contribution >= 0.6 is 11.8 Å². The molecule has 2 rings (SSSR count). The SMILES string of the molecule is CC(C)C1CCC2(CSC2)C1. The van der Waals surface area contributed by atoms with Crippen LogP contribution < -0.4 is 0 Å². The third-order valence-electron chi connectivity index (χ3n) is 3.50. The fraction of sp³-hybridized carbons (Fsp3) is 1.00. The summed E-state index contributed by atoms with van der Waals surface area (Å²) in [6.45, 7) is 4.77. The van der Waals surface area contributed by atoms with Crippen molar-refractivity contribution in [2.24, 2.45) is 17.3 Å². The van der Waals surface area contributed by atoms with E-state index in [9.17, 15) is 0 Å². The molecule has 1 saturated heterocycles. The Morgan fingerprint density at radius 3 is 2.36 bits per heavy atom. The molecule has 0 bridgehead atoms. The molecule has 0 aromatic carbocycles. The monoisotopic (exact) mass is 170 g/mol. The van der Waals surface area contributed by atoms with E-state index in [0.717, 1.165) is 17.3 Å². The fourth-order valence-corrected chi connectivity index (χ4v) is 3.78. The van der Waals surface area contributed by atoms with E-state index in [1.54, 1.807) is 0 Å². The van der Waals surface area contributed by atoms with Crippen LogP contribution in [0.25, 0.3) is 0 Å². The van der Waals surface area contributed by atoms with Gasteiger partial charge in [-0.2, -0.15) is 11.8 Å². The molecular formula is C10H18S. The molecule has 2 fully saturated rings. The Morgan fingerprint density at radius 1 is 1.36 bits per heavy atom. The summed E-state index contributed by atoms with van der Waals surface area (Å²) in [5.41, 5.74) is 0.833. The minimum Gasteiger partial charge on any atom is -0.161 e. The van der Waals surface area contributed by atoms with Gasteiger partial charge in [-0.1, -0.05) is 13.8 Å². The molecule has 1 aliphatic carbocycles. The lowest BCUT2D eigenvalue weighted by Crippen LogP contribution is -2.32. The van der Waals surface area contributed by atoms with Crippen LogP contribution in [0.5, 0.6) is 0 Å². The molecular weight excluding hydrogens is 152 g/mol. The third kappa shape index (κ3) is 1.32. The first kappa shape index (κ1) is 7.97. The van der Waals surface area contributed by atoms with E-state index >= 15 is 0 Å². The average molecular weight is 170 g/mol. The number of hydrogen-bond acceptors (Lipinski definition) is 1. The highest BCUT2D eigenvalue weighted by Gasteiger charge is 2.44. The molecule has 1 aliphatic heterocycles. The van der Waals surface area contributed by atoms with E-state index in [0.29, 0.717) is 0 Å². The van der Waals surface area contributed by atoms with Crippen LogP contribution in [0, 0.1) is 17.3 Å². The Morgan fingerprint density at radius 2 is 2.09 bits per heavy atom. The van der Waals surface area contributed by atoms with E-state index in [1.807, 2.05) is 0 Å². The summed E-state index contributed by atoms with van der Waals surface area (Å²) in [5.74, 6) is 4.92. The summed E-state index contributed by atoms with van der Waals surface area (Å²) in [6, 6.07) is 0. The minimum atomic E-state index is 0.833. The van der Waals surface area contributed by atoms with Crippen LogP contribution in [0.4, 0.5) is 0 Å². The Bertz CT molecular complexity index is 147. The van der Waals surface area contributed by atoms with Crippen molar-refractivity contribution in [2.45, 2.75) is 33.1 Å². The van der Waals surface area contributed by atoms with Crippen molar-refractivity contribution >= 4 is 11.8 Å². The largest absolute Gasteiger partial charge is 0.161 e. The smallest absolute Gasteiger partial charge is 0.000258 e. The van der Waals surface area contributed by atoms with Crippen molar-refractivity contribution in [1.29, 1.82) is 0 Å². The van der Waals surface area contributed by atoms with Crippen molar-refractivity contribution in [3.8, 4) is 0 Å². The summed E-state index contributed by atoms with van der Waals surface area (Å²) in [6.07, 6.45) is 4.58. The van der Waals surface area contributed by atoms with Gasteiger partial charge in [0.1, 0.15) is 0 Å². The summed E-state index contributed by atoms with van der Waals surface area (Å²) in [5, 5.41) is 0. The number of rotatable bonds is 1. The molecule has 11 heavy (non-hydrogen) atoms. The molecule has 0 radical (unpaired) electrons. The molecule has 0 aromatic heterocycles. The minimum absolute atomic E-state index is 0.833. The first-order valence-electron chi connectivity index (χ1n) is 4.80. The molecule has 64 valence electrons. The molecule has 1 atom stereocenters. The Kier molecular flexibility index (Phi) is 1.95.